The van der Waals surface area contributed by atoms with E-state index in [9.17, 15) is 9.18 Å². The molecule has 1 aliphatic rings. The van der Waals surface area contributed by atoms with Crippen molar-refractivity contribution >= 4 is 6.09 Å². The topological polar surface area (TPSA) is 38.8 Å². The highest BCUT2D eigenvalue weighted by molar-refractivity contribution is 5.68. The van der Waals surface area contributed by atoms with E-state index >= 15 is 0 Å². The SMILES string of the molecule is CC(C)(C)OC(=O)N1CCO[C@H](c2cccc(F)c2)C1. The Bertz CT molecular complexity index is 484. The molecule has 1 amide bonds. The number of hydrogen-bond donors (Lipinski definition) is 0. The van der Waals surface area contributed by atoms with E-state index < -0.39 is 5.60 Å². The molecule has 110 valence electrons. The molecule has 1 heterocycles. The molecule has 2 rings (SSSR count). The van der Waals surface area contributed by atoms with Gasteiger partial charge in [-0.1, -0.05) is 12.1 Å². The highest BCUT2D eigenvalue weighted by atomic mass is 19.1. The number of nitrogens with zero attached hydrogens (tertiary/aromatic N) is 1. The van der Waals surface area contributed by atoms with Crippen LogP contribution in [0.1, 0.15) is 32.4 Å². The lowest BCUT2D eigenvalue weighted by Gasteiger charge is -2.34. The number of amides is 1. The van der Waals surface area contributed by atoms with E-state index in [1.807, 2.05) is 20.8 Å². The summed E-state index contributed by atoms with van der Waals surface area (Å²) in [6, 6.07) is 6.26. The Morgan fingerprint density at radius 3 is 2.85 bits per heavy atom. The number of carbonyl (C=O) groups excluding carboxylic acids is 1. The van der Waals surface area contributed by atoms with Gasteiger partial charge in [0.2, 0.25) is 0 Å². The molecule has 1 fully saturated rings. The van der Waals surface area contributed by atoms with Crippen molar-refractivity contribution in [3.63, 3.8) is 0 Å². The van der Waals surface area contributed by atoms with Gasteiger partial charge in [-0.2, -0.15) is 0 Å². The molecule has 1 saturated heterocycles. The fourth-order valence-corrected chi connectivity index (χ4v) is 2.05. The van der Waals surface area contributed by atoms with Gasteiger partial charge in [0, 0.05) is 6.54 Å². The van der Waals surface area contributed by atoms with Crippen molar-refractivity contribution in [2.75, 3.05) is 19.7 Å². The maximum atomic E-state index is 13.2. The zero-order chi connectivity index (χ0) is 14.8. The van der Waals surface area contributed by atoms with Crippen molar-refractivity contribution in [2.24, 2.45) is 0 Å². The van der Waals surface area contributed by atoms with Gasteiger partial charge in [-0.25, -0.2) is 9.18 Å². The zero-order valence-corrected chi connectivity index (χ0v) is 12.1. The van der Waals surface area contributed by atoms with Gasteiger partial charge in [0.15, 0.2) is 0 Å². The normalized spacial score (nSPS) is 19.8. The Morgan fingerprint density at radius 2 is 2.20 bits per heavy atom. The van der Waals surface area contributed by atoms with Crippen LogP contribution in [0.5, 0.6) is 0 Å². The molecule has 1 atom stereocenters. The van der Waals surface area contributed by atoms with Crippen LogP contribution in [-0.2, 0) is 9.47 Å². The van der Waals surface area contributed by atoms with E-state index in [4.69, 9.17) is 9.47 Å². The minimum absolute atomic E-state index is 0.305. The summed E-state index contributed by atoms with van der Waals surface area (Å²) in [5, 5.41) is 0. The molecule has 4 nitrogen and oxygen atoms in total. The van der Waals surface area contributed by atoms with Crippen molar-refractivity contribution in [1.82, 2.24) is 4.90 Å². The van der Waals surface area contributed by atoms with E-state index in [0.717, 1.165) is 5.56 Å². The first-order chi connectivity index (χ1) is 9.35. The second-order valence-electron chi connectivity index (χ2n) is 5.84. The molecular formula is C15H20FNO3. The van der Waals surface area contributed by atoms with Gasteiger partial charge in [-0.3, -0.25) is 0 Å². The van der Waals surface area contributed by atoms with Gasteiger partial charge in [-0.05, 0) is 38.5 Å². The predicted octanol–water partition coefficient (Wildman–Crippen LogP) is 3.13. The summed E-state index contributed by atoms with van der Waals surface area (Å²) in [6.45, 7) is 6.76. The largest absolute Gasteiger partial charge is 0.444 e. The van der Waals surface area contributed by atoms with Crippen molar-refractivity contribution in [3.8, 4) is 0 Å². The number of benzene rings is 1. The van der Waals surface area contributed by atoms with E-state index in [1.165, 1.54) is 12.1 Å². The summed E-state index contributed by atoms with van der Waals surface area (Å²) >= 11 is 0. The number of morpholine rings is 1. The van der Waals surface area contributed by atoms with Gasteiger partial charge in [0.25, 0.3) is 0 Å². The average Bonchev–Trinajstić information content (AvgIpc) is 2.37. The lowest BCUT2D eigenvalue weighted by molar-refractivity contribution is -0.0433. The first kappa shape index (κ1) is 14.8. The Balaban J connectivity index is 2.03. The van der Waals surface area contributed by atoms with Crippen molar-refractivity contribution in [3.05, 3.63) is 35.6 Å². The molecular weight excluding hydrogens is 261 g/mol. The smallest absolute Gasteiger partial charge is 0.410 e. The number of rotatable bonds is 1. The van der Waals surface area contributed by atoms with Crippen molar-refractivity contribution in [1.29, 1.82) is 0 Å². The molecule has 0 N–H and O–H groups in total. The van der Waals surface area contributed by atoms with Crippen LogP contribution >= 0.6 is 0 Å². The van der Waals surface area contributed by atoms with E-state index in [-0.39, 0.29) is 18.0 Å². The van der Waals surface area contributed by atoms with Crippen LogP contribution < -0.4 is 0 Å². The summed E-state index contributed by atoms with van der Waals surface area (Å²) < 4.78 is 24.2. The molecule has 0 aromatic heterocycles. The van der Waals surface area contributed by atoms with E-state index in [0.29, 0.717) is 19.7 Å². The number of halogens is 1. The number of hydrogen-bond acceptors (Lipinski definition) is 3. The molecule has 0 unspecified atom stereocenters. The highest BCUT2D eigenvalue weighted by Gasteiger charge is 2.28. The maximum absolute atomic E-state index is 13.2. The second-order valence-corrected chi connectivity index (χ2v) is 5.84. The quantitative estimate of drug-likeness (QED) is 0.794. The van der Waals surface area contributed by atoms with Crippen LogP contribution in [0.2, 0.25) is 0 Å². The zero-order valence-electron chi connectivity index (χ0n) is 12.1. The van der Waals surface area contributed by atoms with Crippen LogP contribution in [0.4, 0.5) is 9.18 Å². The highest BCUT2D eigenvalue weighted by Crippen LogP contribution is 2.24. The summed E-state index contributed by atoms with van der Waals surface area (Å²) in [5.74, 6) is -0.305. The molecule has 1 aliphatic heterocycles. The fraction of sp³-hybridized carbons (Fsp3) is 0.533. The molecule has 0 radical (unpaired) electrons. The average molecular weight is 281 g/mol. The van der Waals surface area contributed by atoms with Gasteiger partial charge < -0.3 is 14.4 Å². The van der Waals surface area contributed by atoms with E-state index in [2.05, 4.69) is 0 Å². The number of carbonyl (C=O) groups is 1. The Hall–Kier alpha value is -1.62. The molecule has 0 bridgehead atoms. The predicted molar refractivity (Wildman–Crippen MR) is 72.9 cm³/mol. The van der Waals surface area contributed by atoms with Crippen LogP contribution in [0, 0.1) is 5.82 Å². The minimum atomic E-state index is -0.524. The molecule has 0 aliphatic carbocycles. The first-order valence-corrected chi connectivity index (χ1v) is 6.70. The van der Waals surface area contributed by atoms with Crippen LogP contribution in [-0.4, -0.2) is 36.3 Å². The molecule has 0 saturated carbocycles. The van der Waals surface area contributed by atoms with Gasteiger partial charge in [0.1, 0.15) is 17.5 Å². The fourth-order valence-electron chi connectivity index (χ4n) is 2.05. The van der Waals surface area contributed by atoms with Crippen LogP contribution in [0.15, 0.2) is 24.3 Å². The minimum Gasteiger partial charge on any atom is -0.444 e. The Morgan fingerprint density at radius 1 is 1.45 bits per heavy atom. The van der Waals surface area contributed by atoms with Crippen LogP contribution in [0.3, 0.4) is 0 Å². The first-order valence-electron chi connectivity index (χ1n) is 6.70. The van der Waals surface area contributed by atoms with Crippen molar-refractivity contribution < 1.29 is 18.7 Å². The Labute approximate surface area is 118 Å². The molecule has 1 aromatic rings. The molecule has 1 aromatic carbocycles. The monoisotopic (exact) mass is 281 g/mol. The molecule has 0 spiro atoms. The third kappa shape index (κ3) is 3.93. The Kier molecular flexibility index (Phi) is 4.28. The summed E-state index contributed by atoms with van der Waals surface area (Å²) in [7, 11) is 0. The maximum Gasteiger partial charge on any atom is 0.410 e. The molecule has 5 heteroatoms. The lowest BCUT2D eigenvalue weighted by Crippen LogP contribution is -2.44. The van der Waals surface area contributed by atoms with Gasteiger partial charge in [-0.15, -0.1) is 0 Å². The summed E-state index contributed by atoms with van der Waals surface area (Å²) in [5.41, 5.74) is 0.210. The van der Waals surface area contributed by atoms with E-state index in [1.54, 1.807) is 17.0 Å². The number of ether oxygens (including phenoxy) is 2. The van der Waals surface area contributed by atoms with Gasteiger partial charge in [0.05, 0.1) is 13.2 Å². The second kappa shape index (κ2) is 5.79. The molecule has 20 heavy (non-hydrogen) atoms. The third-order valence-corrected chi connectivity index (χ3v) is 2.94. The standard InChI is InChI=1S/C15H20FNO3/c1-15(2,3)20-14(18)17-7-8-19-13(10-17)11-5-4-6-12(16)9-11/h4-6,9,13H,7-8,10H2,1-3H3/t13-/m0/s1. The summed E-state index contributed by atoms with van der Waals surface area (Å²) in [4.78, 5) is 13.6. The third-order valence-electron chi connectivity index (χ3n) is 2.94. The van der Waals surface area contributed by atoms with Gasteiger partial charge >= 0.3 is 6.09 Å². The van der Waals surface area contributed by atoms with Crippen LogP contribution in [0.25, 0.3) is 0 Å². The lowest BCUT2D eigenvalue weighted by atomic mass is 10.1. The summed E-state index contributed by atoms with van der Waals surface area (Å²) in [6.07, 6.45) is -0.672. The van der Waals surface area contributed by atoms with Crippen molar-refractivity contribution in [2.45, 2.75) is 32.5 Å².